The summed E-state index contributed by atoms with van der Waals surface area (Å²) >= 11 is 0. The summed E-state index contributed by atoms with van der Waals surface area (Å²) in [5.74, 6) is 0.269. The summed E-state index contributed by atoms with van der Waals surface area (Å²) in [5.41, 5.74) is 1.73. The van der Waals surface area contributed by atoms with Crippen molar-refractivity contribution in [1.82, 2.24) is 9.80 Å². The summed E-state index contributed by atoms with van der Waals surface area (Å²) in [6, 6.07) is 4.54. The number of piperazine rings is 1. The first-order chi connectivity index (χ1) is 14.3. The Morgan fingerprint density at radius 3 is 2.70 bits per heavy atom. The van der Waals surface area contributed by atoms with Crippen LogP contribution in [0, 0.1) is 0 Å². The molecule has 0 bridgehead atoms. The normalized spacial score (nSPS) is 29.3. The van der Waals surface area contributed by atoms with Gasteiger partial charge < -0.3 is 14.5 Å². The fraction of sp³-hybridized carbons (Fsp3) is 0.435. The van der Waals surface area contributed by atoms with Crippen molar-refractivity contribution in [3.8, 4) is 5.75 Å². The van der Waals surface area contributed by atoms with E-state index in [1.54, 1.807) is 34.9 Å². The third-order valence-electron chi connectivity index (χ3n) is 6.79. The Kier molecular flexibility index (Phi) is 3.91. The lowest BCUT2D eigenvalue weighted by molar-refractivity contribution is -0.149. The molecule has 4 aliphatic rings. The SMILES string of the molecule is COc1ccc2c(c1)N(C)C(=O)[C@@]21C=C2C(=O)N3CCC[C@H]3C(=O)N2[C@H]1C=C(C)C. The molecule has 4 heterocycles. The highest BCUT2D eigenvalue weighted by atomic mass is 16.5. The van der Waals surface area contributed by atoms with Crippen LogP contribution in [0.2, 0.25) is 0 Å². The maximum absolute atomic E-state index is 13.7. The smallest absolute Gasteiger partial charge is 0.270 e. The average Bonchev–Trinajstić information content (AvgIpc) is 3.39. The molecule has 1 aromatic rings. The van der Waals surface area contributed by atoms with Crippen molar-refractivity contribution >= 4 is 23.4 Å². The molecular formula is C23H25N3O4. The molecule has 1 aromatic carbocycles. The molecule has 7 nitrogen and oxygen atoms in total. The predicted octanol–water partition coefficient (Wildman–Crippen LogP) is 1.97. The number of nitrogens with zero attached hydrogens (tertiary/aromatic N) is 3. The van der Waals surface area contributed by atoms with Gasteiger partial charge in [-0.3, -0.25) is 19.3 Å². The van der Waals surface area contributed by atoms with Gasteiger partial charge in [0.15, 0.2) is 0 Å². The molecule has 0 aliphatic carbocycles. The number of benzene rings is 1. The van der Waals surface area contributed by atoms with E-state index < -0.39 is 17.5 Å². The van der Waals surface area contributed by atoms with Crippen LogP contribution >= 0.6 is 0 Å². The molecule has 0 N–H and O–H groups in total. The number of carbonyl (C=O) groups is 3. The van der Waals surface area contributed by atoms with E-state index in [0.717, 1.165) is 23.2 Å². The summed E-state index contributed by atoms with van der Waals surface area (Å²) in [5, 5.41) is 0. The van der Waals surface area contributed by atoms with E-state index in [2.05, 4.69) is 0 Å². The predicted molar refractivity (Wildman–Crippen MR) is 111 cm³/mol. The fourth-order valence-corrected chi connectivity index (χ4v) is 5.43. The van der Waals surface area contributed by atoms with Crippen molar-refractivity contribution in [2.45, 2.75) is 44.2 Å². The quantitative estimate of drug-likeness (QED) is 0.703. The number of fused-ring (bicyclic) bond motifs is 4. The summed E-state index contributed by atoms with van der Waals surface area (Å²) in [4.78, 5) is 45.4. The second kappa shape index (κ2) is 6.20. The summed E-state index contributed by atoms with van der Waals surface area (Å²) in [6.07, 6.45) is 5.18. The lowest BCUT2D eigenvalue weighted by atomic mass is 9.75. The lowest BCUT2D eigenvalue weighted by Gasteiger charge is -2.40. The zero-order valence-corrected chi connectivity index (χ0v) is 17.6. The third kappa shape index (κ3) is 2.18. The van der Waals surface area contributed by atoms with E-state index in [1.165, 1.54) is 0 Å². The van der Waals surface area contributed by atoms with Gasteiger partial charge in [0.2, 0.25) is 5.91 Å². The number of hydrogen-bond donors (Lipinski definition) is 0. The minimum absolute atomic E-state index is 0.0878. The monoisotopic (exact) mass is 407 g/mol. The molecule has 2 saturated heterocycles. The van der Waals surface area contributed by atoms with Crippen LogP contribution in [0.5, 0.6) is 5.75 Å². The van der Waals surface area contributed by atoms with Crippen molar-refractivity contribution in [2.24, 2.45) is 0 Å². The van der Waals surface area contributed by atoms with Gasteiger partial charge in [-0.1, -0.05) is 17.7 Å². The number of amides is 3. The van der Waals surface area contributed by atoms with Gasteiger partial charge >= 0.3 is 0 Å². The highest BCUT2D eigenvalue weighted by Crippen LogP contribution is 2.53. The van der Waals surface area contributed by atoms with E-state index in [1.807, 2.05) is 38.1 Å². The van der Waals surface area contributed by atoms with Crippen molar-refractivity contribution < 1.29 is 19.1 Å². The zero-order chi connectivity index (χ0) is 21.4. The van der Waals surface area contributed by atoms with Crippen molar-refractivity contribution in [3.63, 3.8) is 0 Å². The average molecular weight is 407 g/mol. The molecule has 0 radical (unpaired) electrons. The number of likely N-dealkylation sites (N-methyl/N-ethyl adjacent to an activating group) is 1. The van der Waals surface area contributed by atoms with Crippen LogP contribution in [0.15, 0.2) is 41.6 Å². The Hall–Kier alpha value is -3.09. The van der Waals surface area contributed by atoms with Crippen molar-refractivity contribution in [3.05, 3.63) is 47.2 Å². The van der Waals surface area contributed by atoms with Crippen LogP contribution in [0.3, 0.4) is 0 Å². The first-order valence-corrected chi connectivity index (χ1v) is 10.3. The van der Waals surface area contributed by atoms with Crippen LogP contribution in [0.4, 0.5) is 5.69 Å². The first-order valence-electron chi connectivity index (χ1n) is 10.3. The number of anilines is 1. The Balaban J connectivity index is 1.76. The van der Waals surface area contributed by atoms with Crippen LogP contribution in [-0.2, 0) is 19.8 Å². The van der Waals surface area contributed by atoms with E-state index in [-0.39, 0.29) is 17.7 Å². The largest absolute Gasteiger partial charge is 0.497 e. The Morgan fingerprint density at radius 1 is 1.23 bits per heavy atom. The highest BCUT2D eigenvalue weighted by Gasteiger charge is 2.63. The number of allylic oxidation sites excluding steroid dienone is 1. The molecule has 1 spiro atoms. The molecule has 0 unspecified atom stereocenters. The topological polar surface area (TPSA) is 70.2 Å². The molecule has 2 fully saturated rings. The van der Waals surface area contributed by atoms with Crippen LogP contribution in [0.1, 0.15) is 32.3 Å². The minimum Gasteiger partial charge on any atom is -0.497 e. The van der Waals surface area contributed by atoms with Crippen LogP contribution in [-0.4, -0.2) is 60.3 Å². The van der Waals surface area contributed by atoms with E-state index in [0.29, 0.717) is 24.4 Å². The maximum Gasteiger partial charge on any atom is 0.270 e. The minimum atomic E-state index is -1.12. The van der Waals surface area contributed by atoms with Gasteiger partial charge in [0.05, 0.1) is 18.8 Å². The summed E-state index contributed by atoms with van der Waals surface area (Å²) < 4.78 is 5.35. The molecule has 30 heavy (non-hydrogen) atoms. The van der Waals surface area contributed by atoms with Gasteiger partial charge in [-0.2, -0.15) is 0 Å². The molecule has 3 atom stereocenters. The van der Waals surface area contributed by atoms with Crippen molar-refractivity contribution in [2.75, 3.05) is 25.6 Å². The van der Waals surface area contributed by atoms with E-state index in [9.17, 15) is 14.4 Å². The first kappa shape index (κ1) is 18.9. The van der Waals surface area contributed by atoms with Gasteiger partial charge in [-0.05, 0) is 44.4 Å². The molecule has 0 saturated carbocycles. The summed E-state index contributed by atoms with van der Waals surface area (Å²) in [7, 11) is 3.31. The number of rotatable bonds is 2. The standard InChI is InChI=1S/C23H25N3O4/c1-13(2)10-19-23(15-8-7-14(30-4)11-17(15)24(3)22(23)29)12-18-20(27)25-9-5-6-16(25)21(28)26(18)19/h7-8,10-12,16,19H,5-6,9H2,1-4H3/t16-,19-,23-/m0/s1. The Bertz CT molecular complexity index is 1050. The molecular weight excluding hydrogens is 382 g/mol. The third-order valence-corrected chi connectivity index (χ3v) is 6.79. The van der Waals surface area contributed by atoms with Crippen LogP contribution < -0.4 is 9.64 Å². The van der Waals surface area contributed by atoms with Crippen molar-refractivity contribution in [1.29, 1.82) is 0 Å². The van der Waals surface area contributed by atoms with Gasteiger partial charge in [0.25, 0.3) is 11.8 Å². The highest BCUT2D eigenvalue weighted by molar-refractivity contribution is 6.15. The van der Waals surface area contributed by atoms with E-state index in [4.69, 9.17) is 4.74 Å². The number of carbonyl (C=O) groups excluding carboxylic acids is 3. The number of ether oxygens (including phenoxy) is 1. The van der Waals surface area contributed by atoms with Gasteiger partial charge in [-0.25, -0.2) is 0 Å². The molecule has 0 aromatic heterocycles. The fourth-order valence-electron chi connectivity index (χ4n) is 5.43. The Morgan fingerprint density at radius 2 is 2.00 bits per heavy atom. The molecule has 3 amide bonds. The maximum atomic E-state index is 13.7. The lowest BCUT2D eigenvalue weighted by Crippen LogP contribution is -2.59. The van der Waals surface area contributed by atoms with Gasteiger partial charge in [-0.15, -0.1) is 0 Å². The van der Waals surface area contributed by atoms with Gasteiger partial charge in [0, 0.05) is 19.7 Å². The molecule has 7 heteroatoms. The second-order valence-corrected chi connectivity index (χ2v) is 8.70. The van der Waals surface area contributed by atoms with Gasteiger partial charge in [0.1, 0.15) is 22.9 Å². The molecule has 5 rings (SSSR count). The second-order valence-electron chi connectivity index (χ2n) is 8.70. The number of hydrogen-bond acceptors (Lipinski definition) is 4. The number of methoxy groups -OCH3 is 1. The summed E-state index contributed by atoms with van der Waals surface area (Å²) in [6.45, 7) is 4.48. The zero-order valence-electron chi connectivity index (χ0n) is 17.6. The Labute approximate surface area is 175 Å². The molecule has 4 aliphatic heterocycles. The van der Waals surface area contributed by atoms with E-state index >= 15 is 0 Å². The molecule has 156 valence electrons. The van der Waals surface area contributed by atoms with Crippen LogP contribution in [0.25, 0.3) is 0 Å².